The second-order valence-corrected chi connectivity index (χ2v) is 4.45. The molecule has 0 spiro atoms. The first-order valence-electron chi connectivity index (χ1n) is 3.59. The number of aliphatic hydroxyl groups excluding tert-OH is 1. The molecular formula is C8H12OP2S. The van der Waals surface area contributed by atoms with Crippen LogP contribution in [0.5, 0.6) is 0 Å². The van der Waals surface area contributed by atoms with Gasteiger partial charge in [-0.2, -0.15) is 12.6 Å². The van der Waals surface area contributed by atoms with Crippen molar-refractivity contribution in [3.63, 3.8) is 0 Å². The number of benzene rings is 1. The molecule has 0 saturated heterocycles. The van der Waals surface area contributed by atoms with Gasteiger partial charge in [0.25, 0.3) is 0 Å². The molecule has 3 unspecified atom stereocenters. The summed E-state index contributed by atoms with van der Waals surface area (Å²) in [5.74, 6) is 0. The van der Waals surface area contributed by atoms with Crippen molar-refractivity contribution in [2.24, 2.45) is 0 Å². The monoisotopic (exact) mass is 218 g/mol. The van der Waals surface area contributed by atoms with Crippen molar-refractivity contribution < 1.29 is 5.11 Å². The maximum absolute atomic E-state index is 8.86. The summed E-state index contributed by atoms with van der Waals surface area (Å²) in [6, 6.07) is 5.99. The van der Waals surface area contributed by atoms with Crippen molar-refractivity contribution in [1.29, 1.82) is 0 Å². The van der Waals surface area contributed by atoms with E-state index in [9.17, 15) is 0 Å². The van der Waals surface area contributed by atoms with E-state index in [0.29, 0.717) is 0 Å². The quantitative estimate of drug-likeness (QED) is 0.551. The molecule has 1 nitrogen and oxygen atoms in total. The summed E-state index contributed by atoms with van der Waals surface area (Å²) in [4.78, 5) is 0. The lowest BCUT2D eigenvalue weighted by molar-refractivity contribution is 0.297. The maximum atomic E-state index is 8.86. The minimum atomic E-state index is -0.0742. The minimum absolute atomic E-state index is 0.0728. The average molecular weight is 218 g/mol. The van der Waals surface area contributed by atoms with Gasteiger partial charge in [-0.15, -0.1) is 18.5 Å². The SMILES string of the molecule is OCC(S)c1ccc(P)c(P)c1. The Morgan fingerprint density at radius 1 is 1.33 bits per heavy atom. The Morgan fingerprint density at radius 2 is 2.00 bits per heavy atom. The lowest BCUT2D eigenvalue weighted by Crippen LogP contribution is -2.12. The summed E-state index contributed by atoms with van der Waals surface area (Å²) >= 11 is 4.23. The van der Waals surface area contributed by atoms with Crippen molar-refractivity contribution >= 4 is 41.7 Å². The van der Waals surface area contributed by atoms with Gasteiger partial charge in [0, 0.05) is 5.25 Å². The first-order chi connectivity index (χ1) is 5.65. The highest BCUT2D eigenvalue weighted by Gasteiger charge is 2.04. The summed E-state index contributed by atoms with van der Waals surface area (Å²) in [7, 11) is 5.30. The summed E-state index contributed by atoms with van der Waals surface area (Å²) in [6.45, 7) is 0.0728. The van der Waals surface area contributed by atoms with Crippen LogP contribution in [0.1, 0.15) is 10.8 Å². The van der Waals surface area contributed by atoms with Gasteiger partial charge >= 0.3 is 0 Å². The molecular weight excluding hydrogens is 206 g/mol. The molecule has 0 heterocycles. The molecule has 0 aliphatic rings. The third-order valence-corrected chi connectivity index (χ3v) is 3.49. The molecule has 0 aliphatic heterocycles. The Hall–Kier alpha value is 0.390. The summed E-state index contributed by atoms with van der Waals surface area (Å²) in [5.41, 5.74) is 1.05. The zero-order valence-electron chi connectivity index (χ0n) is 6.57. The fourth-order valence-corrected chi connectivity index (χ4v) is 1.53. The van der Waals surface area contributed by atoms with Gasteiger partial charge in [-0.05, 0) is 16.2 Å². The van der Waals surface area contributed by atoms with Crippen LogP contribution >= 0.6 is 31.1 Å². The van der Waals surface area contributed by atoms with Gasteiger partial charge in [0.05, 0.1) is 6.61 Å². The maximum Gasteiger partial charge on any atom is 0.0588 e. The third kappa shape index (κ3) is 2.44. The van der Waals surface area contributed by atoms with Crippen LogP contribution in [0.3, 0.4) is 0 Å². The Kier molecular flexibility index (Phi) is 3.99. The van der Waals surface area contributed by atoms with Crippen LogP contribution in [0.4, 0.5) is 0 Å². The van der Waals surface area contributed by atoms with Gasteiger partial charge in [-0.3, -0.25) is 0 Å². The highest BCUT2D eigenvalue weighted by atomic mass is 32.1. The zero-order chi connectivity index (χ0) is 9.14. The van der Waals surface area contributed by atoms with E-state index in [1.54, 1.807) is 0 Å². The number of hydrogen-bond acceptors (Lipinski definition) is 2. The van der Waals surface area contributed by atoms with Crippen LogP contribution in [0, 0.1) is 0 Å². The van der Waals surface area contributed by atoms with E-state index in [1.807, 2.05) is 18.2 Å². The molecule has 12 heavy (non-hydrogen) atoms. The van der Waals surface area contributed by atoms with Gasteiger partial charge in [0.2, 0.25) is 0 Å². The standard InChI is InChI=1S/C8H12OP2S/c9-4-8(12)5-1-2-6(10)7(11)3-5/h1-3,8-9,12H,4,10-11H2. The first kappa shape index (κ1) is 10.5. The van der Waals surface area contributed by atoms with E-state index < -0.39 is 0 Å². The van der Waals surface area contributed by atoms with E-state index in [-0.39, 0.29) is 11.9 Å². The second-order valence-electron chi connectivity index (χ2n) is 2.59. The molecule has 4 heteroatoms. The van der Waals surface area contributed by atoms with E-state index in [1.165, 1.54) is 0 Å². The highest BCUT2D eigenvalue weighted by molar-refractivity contribution is 7.80. The minimum Gasteiger partial charge on any atom is -0.395 e. The second kappa shape index (κ2) is 4.58. The van der Waals surface area contributed by atoms with Crippen molar-refractivity contribution in [2.45, 2.75) is 5.25 Å². The van der Waals surface area contributed by atoms with E-state index in [4.69, 9.17) is 5.11 Å². The molecule has 0 aliphatic carbocycles. The molecule has 1 N–H and O–H groups in total. The number of aliphatic hydroxyl groups is 1. The predicted octanol–water partition coefficient (Wildman–Crippen LogP) is 0.651. The number of rotatable bonds is 2. The Bertz CT molecular complexity index is 278. The van der Waals surface area contributed by atoms with E-state index >= 15 is 0 Å². The van der Waals surface area contributed by atoms with Gasteiger partial charge in [-0.1, -0.05) is 18.2 Å². The molecule has 0 amide bonds. The predicted molar refractivity (Wildman–Crippen MR) is 63.9 cm³/mol. The molecule has 1 aromatic carbocycles. The highest BCUT2D eigenvalue weighted by Crippen LogP contribution is 2.17. The van der Waals surface area contributed by atoms with Crippen LogP contribution in [-0.2, 0) is 0 Å². The third-order valence-electron chi connectivity index (χ3n) is 1.67. The fraction of sp³-hybridized carbons (Fsp3) is 0.250. The molecule has 0 radical (unpaired) electrons. The molecule has 1 aromatic rings. The normalized spacial score (nSPS) is 13.0. The van der Waals surface area contributed by atoms with Crippen molar-refractivity contribution in [3.05, 3.63) is 23.8 Å². The Morgan fingerprint density at radius 3 is 2.50 bits per heavy atom. The first-order valence-corrected chi connectivity index (χ1v) is 5.26. The molecule has 0 aromatic heterocycles. The average Bonchev–Trinajstić information content (AvgIpc) is 2.08. The van der Waals surface area contributed by atoms with Crippen LogP contribution < -0.4 is 10.6 Å². The topological polar surface area (TPSA) is 20.2 Å². The van der Waals surface area contributed by atoms with Crippen molar-refractivity contribution in [1.82, 2.24) is 0 Å². The zero-order valence-corrected chi connectivity index (χ0v) is 9.77. The van der Waals surface area contributed by atoms with E-state index in [2.05, 4.69) is 31.1 Å². The molecule has 1 rings (SSSR count). The van der Waals surface area contributed by atoms with E-state index in [0.717, 1.165) is 16.2 Å². The summed E-state index contributed by atoms with van der Waals surface area (Å²) in [6.07, 6.45) is 0. The van der Waals surface area contributed by atoms with Gasteiger partial charge in [0.15, 0.2) is 0 Å². The molecule has 66 valence electrons. The largest absolute Gasteiger partial charge is 0.395 e. The molecule has 0 bridgehead atoms. The van der Waals surface area contributed by atoms with Crippen LogP contribution in [0.2, 0.25) is 0 Å². The Labute approximate surface area is 82.8 Å². The van der Waals surface area contributed by atoms with Crippen LogP contribution in [-0.4, -0.2) is 11.7 Å². The number of hydrogen-bond donors (Lipinski definition) is 2. The lowest BCUT2D eigenvalue weighted by Gasteiger charge is -2.09. The van der Waals surface area contributed by atoms with Crippen molar-refractivity contribution in [2.75, 3.05) is 6.61 Å². The molecule has 0 fully saturated rings. The summed E-state index contributed by atoms with van der Waals surface area (Å²) in [5, 5.41) is 11.1. The van der Waals surface area contributed by atoms with Gasteiger partial charge in [-0.25, -0.2) is 0 Å². The number of thiol groups is 1. The Balaban J connectivity index is 2.96. The summed E-state index contributed by atoms with van der Waals surface area (Å²) < 4.78 is 0. The van der Waals surface area contributed by atoms with Crippen LogP contribution in [0.25, 0.3) is 0 Å². The molecule has 0 saturated carbocycles. The lowest BCUT2D eigenvalue weighted by atomic mass is 10.1. The van der Waals surface area contributed by atoms with Crippen LogP contribution in [0.15, 0.2) is 18.2 Å². The molecule has 3 atom stereocenters. The van der Waals surface area contributed by atoms with Gasteiger partial charge < -0.3 is 5.11 Å². The van der Waals surface area contributed by atoms with Gasteiger partial charge in [0.1, 0.15) is 0 Å². The van der Waals surface area contributed by atoms with Crippen molar-refractivity contribution in [3.8, 4) is 0 Å². The smallest absolute Gasteiger partial charge is 0.0588 e. The fourth-order valence-electron chi connectivity index (χ4n) is 0.906.